The zero-order valence-electron chi connectivity index (χ0n) is 15.0. The molecule has 2 aromatic rings. The van der Waals surface area contributed by atoms with Crippen molar-refractivity contribution in [2.24, 2.45) is 0 Å². The molecule has 6 nitrogen and oxygen atoms in total. The van der Waals surface area contributed by atoms with Crippen LogP contribution in [0.15, 0.2) is 55.1 Å². The monoisotopic (exact) mass is 353 g/mol. The Kier molecular flexibility index (Phi) is 6.79. The smallest absolute Gasteiger partial charge is 0.319 e. The number of ether oxygens (including phenoxy) is 1. The first-order valence-corrected chi connectivity index (χ1v) is 8.23. The van der Waals surface area contributed by atoms with Crippen LogP contribution in [0.3, 0.4) is 0 Å². The predicted molar refractivity (Wildman–Crippen MR) is 104 cm³/mol. The molecule has 2 rings (SSSR count). The van der Waals surface area contributed by atoms with Gasteiger partial charge in [-0.05, 0) is 55.3 Å². The van der Waals surface area contributed by atoms with E-state index in [1.165, 1.54) is 0 Å². The largest absolute Gasteiger partial charge is 0.483 e. The molecular weight excluding hydrogens is 330 g/mol. The number of rotatable bonds is 7. The van der Waals surface area contributed by atoms with E-state index in [4.69, 9.17) is 4.74 Å². The quantitative estimate of drug-likeness (QED) is 0.665. The zero-order chi connectivity index (χ0) is 18.9. The molecule has 0 aliphatic heterocycles. The molecule has 2 aromatic carbocycles. The lowest BCUT2D eigenvalue weighted by Crippen LogP contribution is -2.28. The molecule has 0 saturated heterocycles. The second-order valence-corrected chi connectivity index (χ2v) is 5.81. The molecule has 3 N–H and O–H groups in total. The van der Waals surface area contributed by atoms with Gasteiger partial charge in [0.2, 0.25) is 0 Å². The predicted octanol–water partition coefficient (Wildman–Crippen LogP) is 3.63. The summed E-state index contributed by atoms with van der Waals surface area (Å²) >= 11 is 0. The molecule has 0 atom stereocenters. The molecular formula is C20H23N3O3. The number of anilines is 2. The maximum atomic E-state index is 12.0. The van der Waals surface area contributed by atoms with Gasteiger partial charge in [-0.2, -0.15) is 0 Å². The molecule has 136 valence electrons. The van der Waals surface area contributed by atoms with Crippen LogP contribution in [-0.2, 0) is 4.79 Å². The Labute approximate surface area is 153 Å². The minimum absolute atomic E-state index is 0.0751. The van der Waals surface area contributed by atoms with Crippen LogP contribution in [0.5, 0.6) is 5.75 Å². The molecule has 0 spiro atoms. The van der Waals surface area contributed by atoms with Crippen molar-refractivity contribution in [3.63, 3.8) is 0 Å². The van der Waals surface area contributed by atoms with Crippen molar-refractivity contribution in [3.8, 4) is 5.75 Å². The summed E-state index contributed by atoms with van der Waals surface area (Å²) in [5.74, 6) is 0.445. The van der Waals surface area contributed by atoms with Gasteiger partial charge in [-0.15, -0.1) is 6.58 Å². The highest BCUT2D eigenvalue weighted by Crippen LogP contribution is 2.19. The van der Waals surface area contributed by atoms with Crippen LogP contribution in [0.25, 0.3) is 0 Å². The molecule has 0 aliphatic carbocycles. The summed E-state index contributed by atoms with van der Waals surface area (Å²) in [7, 11) is 0. The fourth-order valence-electron chi connectivity index (χ4n) is 2.18. The van der Waals surface area contributed by atoms with E-state index < -0.39 is 0 Å². The number of amides is 3. The van der Waals surface area contributed by atoms with Gasteiger partial charge >= 0.3 is 6.03 Å². The molecule has 26 heavy (non-hydrogen) atoms. The minimum atomic E-state index is -0.316. The van der Waals surface area contributed by atoms with Crippen LogP contribution >= 0.6 is 0 Å². The Balaban J connectivity index is 1.84. The summed E-state index contributed by atoms with van der Waals surface area (Å²) in [5, 5.41) is 8.05. The summed E-state index contributed by atoms with van der Waals surface area (Å²) < 4.78 is 5.58. The second kappa shape index (κ2) is 9.27. The molecule has 0 heterocycles. The van der Waals surface area contributed by atoms with Crippen molar-refractivity contribution in [1.82, 2.24) is 5.32 Å². The van der Waals surface area contributed by atoms with Crippen molar-refractivity contribution >= 4 is 23.3 Å². The molecule has 0 unspecified atom stereocenters. The number of urea groups is 1. The fraction of sp³-hybridized carbons (Fsp3) is 0.200. The molecule has 0 bridgehead atoms. The van der Waals surface area contributed by atoms with Crippen LogP contribution in [0.4, 0.5) is 16.2 Å². The average Bonchev–Trinajstić information content (AvgIpc) is 2.62. The number of carbonyl (C=O) groups is 2. The highest BCUT2D eigenvalue weighted by molar-refractivity contribution is 5.93. The first-order chi connectivity index (χ1) is 12.5. The average molecular weight is 353 g/mol. The SMILES string of the molecule is C=CCNC(=O)Nc1ccc(NC(=O)COc2cc(C)ccc2C)cc1. The minimum Gasteiger partial charge on any atom is -0.483 e. The summed E-state index contributed by atoms with van der Waals surface area (Å²) in [6, 6.07) is 12.4. The highest BCUT2D eigenvalue weighted by Gasteiger charge is 2.06. The Morgan fingerprint density at radius 1 is 1.04 bits per heavy atom. The van der Waals surface area contributed by atoms with Crippen LogP contribution in [0.1, 0.15) is 11.1 Å². The molecule has 0 aromatic heterocycles. The van der Waals surface area contributed by atoms with Crippen molar-refractivity contribution in [1.29, 1.82) is 0 Å². The van der Waals surface area contributed by atoms with Crippen LogP contribution < -0.4 is 20.7 Å². The van der Waals surface area contributed by atoms with E-state index in [0.717, 1.165) is 11.1 Å². The van der Waals surface area contributed by atoms with Gasteiger partial charge in [-0.25, -0.2) is 4.79 Å². The third-order valence-corrected chi connectivity index (χ3v) is 3.54. The summed E-state index contributed by atoms with van der Waals surface area (Å²) in [6.07, 6.45) is 1.60. The normalized spacial score (nSPS) is 9.92. The number of hydrogen-bond acceptors (Lipinski definition) is 3. The molecule has 0 fully saturated rings. The van der Waals surface area contributed by atoms with Crippen LogP contribution in [-0.4, -0.2) is 25.1 Å². The molecule has 6 heteroatoms. The number of carbonyl (C=O) groups excluding carboxylic acids is 2. The summed E-state index contributed by atoms with van der Waals surface area (Å²) in [5.41, 5.74) is 3.30. The van der Waals surface area contributed by atoms with Crippen LogP contribution in [0, 0.1) is 13.8 Å². The van der Waals surface area contributed by atoms with Crippen molar-refractivity contribution in [2.45, 2.75) is 13.8 Å². The van der Waals surface area contributed by atoms with Gasteiger partial charge in [0.25, 0.3) is 5.91 Å². The van der Waals surface area contributed by atoms with Gasteiger partial charge < -0.3 is 20.7 Å². The molecule has 3 amide bonds. The number of nitrogens with one attached hydrogen (secondary N) is 3. The third kappa shape index (κ3) is 5.98. The lowest BCUT2D eigenvalue weighted by atomic mass is 10.1. The first-order valence-electron chi connectivity index (χ1n) is 8.23. The van der Waals surface area contributed by atoms with Gasteiger partial charge in [0.05, 0.1) is 0 Å². The van der Waals surface area contributed by atoms with Crippen molar-refractivity contribution < 1.29 is 14.3 Å². The van der Waals surface area contributed by atoms with E-state index in [9.17, 15) is 9.59 Å². The van der Waals surface area contributed by atoms with E-state index in [2.05, 4.69) is 22.5 Å². The van der Waals surface area contributed by atoms with Gasteiger partial charge in [-0.3, -0.25) is 4.79 Å². The van der Waals surface area contributed by atoms with E-state index in [0.29, 0.717) is 23.7 Å². The number of hydrogen-bond donors (Lipinski definition) is 3. The summed E-state index contributed by atoms with van der Waals surface area (Å²) in [4.78, 5) is 23.6. The molecule has 0 radical (unpaired) electrons. The highest BCUT2D eigenvalue weighted by atomic mass is 16.5. The first kappa shape index (κ1) is 19.1. The van der Waals surface area contributed by atoms with Crippen molar-refractivity contribution in [2.75, 3.05) is 23.8 Å². The second-order valence-electron chi connectivity index (χ2n) is 5.81. The van der Waals surface area contributed by atoms with E-state index >= 15 is 0 Å². The maximum Gasteiger partial charge on any atom is 0.319 e. The number of aryl methyl sites for hydroxylation is 2. The Morgan fingerprint density at radius 3 is 2.35 bits per heavy atom. The lowest BCUT2D eigenvalue weighted by Gasteiger charge is -2.11. The standard InChI is InChI=1S/C20H23N3O3/c1-4-11-21-20(25)23-17-9-7-16(8-10-17)22-19(24)13-26-18-12-14(2)5-6-15(18)3/h4-10,12H,1,11,13H2,2-3H3,(H,22,24)(H2,21,23,25). The van der Waals surface area contributed by atoms with Gasteiger partial charge in [0, 0.05) is 17.9 Å². The van der Waals surface area contributed by atoms with E-state index in [-0.39, 0.29) is 18.5 Å². The number of benzene rings is 2. The van der Waals surface area contributed by atoms with E-state index in [1.807, 2.05) is 32.0 Å². The molecule has 0 aliphatic rings. The molecule has 0 saturated carbocycles. The topological polar surface area (TPSA) is 79.5 Å². The fourth-order valence-corrected chi connectivity index (χ4v) is 2.18. The van der Waals surface area contributed by atoms with E-state index in [1.54, 1.807) is 30.3 Å². The summed E-state index contributed by atoms with van der Waals surface area (Å²) in [6.45, 7) is 7.75. The zero-order valence-corrected chi connectivity index (χ0v) is 15.0. The van der Waals surface area contributed by atoms with Crippen LogP contribution in [0.2, 0.25) is 0 Å². The Hall–Kier alpha value is -3.28. The Bertz CT molecular complexity index is 785. The lowest BCUT2D eigenvalue weighted by molar-refractivity contribution is -0.118. The van der Waals surface area contributed by atoms with Gasteiger partial charge in [-0.1, -0.05) is 18.2 Å². The van der Waals surface area contributed by atoms with Crippen molar-refractivity contribution in [3.05, 3.63) is 66.2 Å². The van der Waals surface area contributed by atoms with Gasteiger partial charge in [0.1, 0.15) is 5.75 Å². The van der Waals surface area contributed by atoms with Gasteiger partial charge in [0.15, 0.2) is 6.61 Å². The third-order valence-electron chi connectivity index (χ3n) is 3.54. The maximum absolute atomic E-state index is 12.0. The Morgan fingerprint density at radius 2 is 1.69 bits per heavy atom.